The first-order valence-corrected chi connectivity index (χ1v) is 16.7. The van der Waals surface area contributed by atoms with Gasteiger partial charge in [0.15, 0.2) is 10.9 Å². The summed E-state index contributed by atoms with van der Waals surface area (Å²) < 4.78 is 34.2. The summed E-state index contributed by atoms with van der Waals surface area (Å²) in [6.07, 6.45) is -0.624. The van der Waals surface area contributed by atoms with Crippen molar-refractivity contribution in [2.24, 2.45) is 5.92 Å². The maximum absolute atomic E-state index is 13.7. The van der Waals surface area contributed by atoms with E-state index < -0.39 is 46.2 Å². The Morgan fingerprint density at radius 1 is 1.17 bits per heavy atom. The number of thiazole rings is 1. The van der Waals surface area contributed by atoms with Crippen LogP contribution >= 0.6 is 11.3 Å². The fourth-order valence-electron chi connectivity index (χ4n) is 5.61. The molecule has 14 heteroatoms. The highest BCUT2D eigenvalue weighted by Gasteiger charge is 2.54. The van der Waals surface area contributed by atoms with E-state index in [0.717, 1.165) is 48.8 Å². The van der Waals surface area contributed by atoms with Crippen LogP contribution in [-0.2, 0) is 28.6 Å². The number of anilines is 1. The standard InChI is InChI=1S/C28H37N5O7S2/c1-17(2)13-20(27(36)33-14-23(40-42(4,37)38)25-24(33)22(34)15-39-25)29-26(35)19-7-5-18(6-8-19)21-16-41-28(30-21)32-11-9-31(3)10-12-32/h5-8,16-17,20,23-25H,9-15H2,1-4H3,(H,29,35)/t20-,23+,24+,25+/m0/s1. The van der Waals surface area contributed by atoms with E-state index in [4.69, 9.17) is 13.9 Å². The van der Waals surface area contributed by atoms with Gasteiger partial charge in [-0.05, 0) is 31.5 Å². The van der Waals surface area contributed by atoms with Crippen molar-refractivity contribution in [1.82, 2.24) is 20.1 Å². The Morgan fingerprint density at radius 3 is 2.50 bits per heavy atom. The van der Waals surface area contributed by atoms with Crippen molar-refractivity contribution < 1.29 is 31.7 Å². The average molecular weight is 620 g/mol. The topological polar surface area (TPSA) is 138 Å². The number of carbonyl (C=O) groups is 3. The van der Waals surface area contributed by atoms with Gasteiger partial charge in [-0.3, -0.25) is 18.6 Å². The first-order valence-electron chi connectivity index (χ1n) is 14.0. The number of nitrogens with one attached hydrogen (secondary N) is 1. The normalized spacial score (nSPS) is 23.8. The molecule has 1 aromatic heterocycles. The monoisotopic (exact) mass is 619 g/mol. The van der Waals surface area contributed by atoms with E-state index in [9.17, 15) is 22.8 Å². The van der Waals surface area contributed by atoms with Gasteiger partial charge in [-0.25, -0.2) is 4.98 Å². The van der Waals surface area contributed by atoms with Gasteiger partial charge < -0.3 is 24.8 Å². The molecule has 0 bridgehead atoms. The minimum Gasteiger partial charge on any atom is -0.365 e. The molecule has 2 amide bonds. The lowest BCUT2D eigenvalue weighted by Crippen LogP contribution is -2.52. The number of rotatable bonds is 9. The molecule has 0 aliphatic carbocycles. The minimum atomic E-state index is -3.84. The summed E-state index contributed by atoms with van der Waals surface area (Å²) in [5.41, 5.74) is 2.11. The second-order valence-electron chi connectivity index (χ2n) is 11.6. The predicted octanol–water partition coefficient (Wildman–Crippen LogP) is 1.23. The third-order valence-electron chi connectivity index (χ3n) is 7.74. The van der Waals surface area contributed by atoms with E-state index in [1.54, 1.807) is 23.5 Å². The van der Waals surface area contributed by atoms with Crippen LogP contribution < -0.4 is 10.2 Å². The van der Waals surface area contributed by atoms with Crippen molar-refractivity contribution in [1.29, 1.82) is 0 Å². The van der Waals surface area contributed by atoms with E-state index in [0.29, 0.717) is 12.0 Å². The highest BCUT2D eigenvalue weighted by atomic mass is 32.2. The fourth-order valence-corrected chi connectivity index (χ4v) is 7.12. The second-order valence-corrected chi connectivity index (χ2v) is 14.0. The summed E-state index contributed by atoms with van der Waals surface area (Å²) >= 11 is 1.60. The molecule has 3 aliphatic heterocycles. The summed E-state index contributed by atoms with van der Waals surface area (Å²) in [5.74, 6) is -1.17. The van der Waals surface area contributed by atoms with Crippen molar-refractivity contribution in [3.8, 4) is 11.3 Å². The number of ketones is 1. The molecule has 3 aliphatic rings. The van der Waals surface area contributed by atoms with Crippen molar-refractivity contribution in [3.63, 3.8) is 0 Å². The molecule has 0 spiro atoms. The fraction of sp³-hybridized carbons (Fsp3) is 0.571. The zero-order valence-corrected chi connectivity index (χ0v) is 25.8. The summed E-state index contributed by atoms with van der Waals surface area (Å²) in [5, 5.41) is 5.84. The molecule has 0 saturated carbocycles. The van der Waals surface area contributed by atoms with Crippen molar-refractivity contribution >= 4 is 44.2 Å². The van der Waals surface area contributed by atoms with Gasteiger partial charge in [-0.15, -0.1) is 11.3 Å². The van der Waals surface area contributed by atoms with Gasteiger partial charge in [0.25, 0.3) is 16.0 Å². The van der Waals surface area contributed by atoms with E-state index in [1.807, 2.05) is 31.4 Å². The van der Waals surface area contributed by atoms with Crippen LogP contribution in [-0.4, -0.2) is 118 Å². The summed E-state index contributed by atoms with van der Waals surface area (Å²) in [7, 11) is -1.73. The third-order valence-corrected chi connectivity index (χ3v) is 9.24. The third kappa shape index (κ3) is 6.83. The lowest BCUT2D eigenvalue weighted by molar-refractivity contribution is -0.138. The summed E-state index contributed by atoms with van der Waals surface area (Å²) in [6.45, 7) is 7.36. The maximum Gasteiger partial charge on any atom is 0.264 e. The number of hydrogen-bond donors (Lipinski definition) is 1. The second kappa shape index (κ2) is 12.4. The zero-order valence-electron chi connectivity index (χ0n) is 24.2. The van der Waals surface area contributed by atoms with Gasteiger partial charge in [-0.1, -0.05) is 26.0 Å². The molecule has 4 atom stereocenters. The van der Waals surface area contributed by atoms with E-state index in [2.05, 4.69) is 22.2 Å². The van der Waals surface area contributed by atoms with Gasteiger partial charge >= 0.3 is 0 Å². The van der Waals surface area contributed by atoms with Gasteiger partial charge in [0.1, 0.15) is 30.9 Å². The van der Waals surface area contributed by atoms with E-state index >= 15 is 0 Å². The molecule has 5 rings (SSSR count). The lowest BCUT2D eigenvalue weighted by atomic mass is 10.0. The lowest BCUT2D eigenvalue weighted by Gasteiger charge is -2.32. The molecule has 12 nitrogen and oxygen atoms in total. The number of Topliss-reactive ketones (excluding diaryl/α,β-unsaturated/α-hetero) is 1. The van der Waals surface area contributed by atoms with Crippen LogP contribution in [0, 0.1) is 5.92 Å². The van der Waals surface area contributed by atoms with Crippen LogP contribution in [0.4, 0.5) is 5.13 Å². The van der Waals surface area contributed by atoms with Gasteiger partial charge in [0, 0.05) is 42.7 Å². The molecule has 2 aromatic rings. The number of ether oxygens (including phenoxy) is 1. The van der Waals surface area contributed by atoms with Crippen LogP contribution in [0.15, 0.2) is 29.6 Å². The largest absolute Gasteiger partial charge is 0.365 e. The molecule has 4 heterocycles. The first-order chi connectivity index (χ1) is 19.9. The van der Waals surface area contributed by atoms with Crippen molar-refractivity contribution in [2.75, 3.05) is 57.5 Å². The number of benzene rings is 1. The molecular weight excluding hydrogens is 582 g/mol. The molecule has 1 N–H and O–H groups in total. The molecule has 3 fully saturated rings. The summed E-state index contributed by atoms with van der Waals surface area (Å²) in [6, 6.07) is 5.20. The van der Waals surface area contributed by atoms with Gasteiger partial charge in [0.05, 0.1) is 18.5 Å². The SMILES string of the molecule is CC(C)C[C@H](NC(=O)c1ccc(-c2csc(N3CCN(C)CC3)n2)cc1)C(=O)N1C[C@@H](OS(C)(=O)=O)[C@H]2OCC(=O)[C@H]21. The zero-order chi connectivity index (χ0) is 30.2. The number of fused-ring (bicyclic) bond motifs is 1. The van der Waals surface area contributed by atoms with Crippen LogP contribution in [0.5, 0.6) is 0 Å². The molecule has 42 heavy (non-hydrogen) atoms. The molecule has 0 radical (unpaired) electrons. The molecular formula is C28H37N5O7S2. The van der Waals surface area contributed by atoms with Crippen LogP contribution in [0.3, 0.4) is 0 Å². The molecule has 1 aromatic carbocycles. The minimum absolute atomic E-state index is 0.0535. The number of amides is 2. The van der Waals surface area contributed by atoms with Crippen molar-refractivity contribution in [2.45, 2.75) is 44.6 Å². The van der Waals surface area contributed by atoms with Gasteiger partial charge in [0.2, 0.25) is 5.91 Å². The van der Waals surface area contributed by atoms with E-state index in [1.165, 1.54) is 4.90 Å². The number of nitrogens with zero attached hydrogens (tertiary/aromatic N) is 4. The number of likely N-dealkylation sites (tertiary alicyclic amines) is 1. The Kier molecular flexibility index (Phi) is 8.99. The number of aromatic nitrogens is 1. The average Bonchev–Trinajstić information content (AvgIpc) is 3.65. The Balaban J connectivity index is 1.27. The maximum atomic E-state index is 13.7. The Morgan fingerprint density at radius 2 is 1.86 bits per heavy atom. The molecule has 228 valence electrons. The highest BCUT2D eigenvalue weighted by molar-refractivity contribution is 7.86. The Labute approximate surface area is 250 Å². The Bertz CT molecular complexity index is 1420. The van der Waals surface area contributed by atoms with Crippen molar-refractivity contribution in [3.05, 3.63) is 35.2 Å². The number of hydrogen-bond acceptors (Lipinski definition) is 11. The quantitative estimate of drug-likeness (QED) is 0.408. The van der Waals surface area contributed by atoms with E-state index in [-0.39, 0.29) is 24.9 Å². The number of piperazine rings is 1. The van der Waals surface area contributed by atoms with Crippen LogP contribution in [0.2, 0.25) is 0 Å². The Hall–Kier alpha value is -2.91. The summed E-state index contributed by atoms with van der Waals surface area (Å²) in [4.78, 5) is 50.3. The molecule has 0 unspecified atom stereocenters. The van der Waals surface area contributed by atoms with Gasteiger partial charge in [-0.2, -0.15) is 8.42 Å². The highest BCUT2D eigenvalue weighted by Crippen LogP contribution is 2.32. The predicted molar refractivity (Wildman–Crippen MR) is 158 cm³/mol. The number of carbonyl (C=O) groups excluding carboxylic acids is 3. The first kappa shape index (κ1) is 30.5. The molecule has 3 saturated heterocycles. The van der Waals surface area contributed by atoms with Crippen LogP contribution in [0.1, 0.15) is 30.6 Å². The smallest absolute Gasteiger partial charge is 0.264 e. The van der Waals surface area contributed by atoms with Crippen LogP contribution in [0.25, 0.3) is 11.3 Å². The number of likely N-dealkylation sites (N-methyl/N-ethyl adjacent to an activating group) is 1.